The summed E-state index contributed by atoms with van der Waals surface area (Å²) in [5.41, 5.74) is 5.72. The lowest BCUT2D eigenvalue weighted by Crippen LogP contribution is -2.31. The Bertz CT molecular complexity index is 1600. The summed E-state index contributed by atoms with van der Waals surface area (Å²) in [6.07, 6.45) is 4.71. The molecule has 0 aliphatic heterocycles. The van der Waals surface area contributed by atoms with Gasteiger partial charge in [0.15, 0.2) is 0 Å². The Balaban J connectivity index is 1.71. The van der Waals surface area contributed by atoms with E-state index in [1.165, 1.54) is 0 Å². The highest BCUT2D eigenvalue weighted by atomic mass is 79.9. The van der Waals surface area contributed by atoms with E-state index in [-0.39, 0.29) is 11.1 Å². The second-order valence-electron chi connectivity index (χ2n) is 10.8. The minimum atomic E-state index is -0.533. The zero-order valence-corrected chi connectivity index (χ0v) is 24.3. The average Bonchev–Trinajstić information content (AvgIpc) is 3.57. The van der Waals surface area contributed by atoms with Crippen molar-refractivity contribution in [2.75, 3.05) is 0 Å². The van der Waals surface area contributed by atoms with Crippen molar-refractivity contribution in [3.8, 4) is 16.8 Å². The number of aryl methyl sites for hydroxylation is 1. The average molecular weight is 586 g/mol. The van der Waals surface area contributed by atoms with Crippen molar-refractivity contribution in [2.45, 2.75) is 58.4 Å². The van der Waals surface area contributed by atoms with E-state index >= 15 is 0 Å². The van der Waals surface area contributed by atoms with Crippen molar-refractivity contribution in [3.05, 3.63) is 117 Å². The van der Waals surface area contributed by atoms with Crippen LogP contribution in [0.3, 0.4) is 0 Å². The largest absolute Gasteiger partial charge is 0.333 e. The zero-order valence-electron chi connectivity index (χ0n) is 22.7. The number of nitrogens with one attached hydrogen (secondary N) is 1. The Morgan fingerprint density at radius 2 is 1.67 bits per heavy atom. The fraction of sp³-hybridized carbons (Fsp3) is 0.290. The summed E-state index contributed by atoms with van der Waals surface area (Å²) in [5, 5.41) is 15.1. The van der Waals surface area contributed by atoms with Gasteiger partial charge in [-0.3, -0.25) is 9.13 Å². The predicted octanol–water partition coefficient (Wildman–Crippen LogP) is 6.86. The van der Waals surface area contributed by atoms with Crippen LogP contribution in [0, 0.1) is 0 Å². The van der Waals surface area contributed by atoms with E-state index in [1.807, 2.05) is 41.1 Å². The van der Waals surface area contributed by atoms with Gasteiger partial charge in [0, 0.05) is 16.4 Å². The minimum Gasteiger partial charge on any atom is -0.281 e. The number of benzene rings is 3. The van der Waals surface area contributed by atoms with Gasteiger partial charge in [0.05, 0.1) is 5.69 Å². The first-order chi connectivity index (χ1) is 18.8. The molecule has 200 valence electrons. The summed E-state index contributed by atoms with van der Waals surface area (Å²) in [4.78, 5) is 14.4. The van der Waals surface area contributed by atoms with Gasteiger partial charge in [0.25, 0.3) is 0 Å². The van der Waals surface area contributed by atoms with E-state index in [0.29, 0.717) is 5.82 Å². The molecule has 1 unspecified atom stereocenters. The van der Waals surface area contributed by atoms with Gasteiger partial charge in [-0.15, -0.1) is 10.2 Å². The molecule has 5 rings (SSSR count). The number of aromatic nitrogens is 6. The van der Waals surface area contributed by atoms with Gasteiger partial charge in [0.2, 0.25) is 5.82 Å². The highest BCUT2D eigenvalue weighted by molar-refractivity contribution is 9.10. The van der Waals surface area contributed by atoms with Gasteiger partial charge in [-0.05, 0) is 62.5 Å². The number of nitrogens with zero attached hydrogens (tertiary/aromatic N) is 5. The summed E-state index contributed by atoms with van der Waals surface area (Å²) in [6, 6.07) is 24.1. The standard InChI is InChI=1S/C31H33BrN6O/c1-5-6-13-24-20-37(28-25(31(2,3)4)14-10-15-26(28)32)30(39)38(24)27(29-33-35-36-34-29)23-18-16-22(17-19-23)21-11-8-7-9-12-21/h7-12,14-20,27H,5-6,13H2,1-4H3,(H,33,34,35,36). The van der Waals surface area contributed by atoms with E-state index in [0.717, 1.165) is 57.4 Å². The smallest absolute Gasteiger partial charge is 0.281 e. The monoisotopic (exact) mass is 584 g/mol. The van der Waals surface area contributed by atoms with Crippen LogP contribution in [-0.2, 0) is 11.8 Å². The van der Waals surface area contributed by atoms with Gasteiger partial charge in [-0.1, -0.05) is 106 Å². The zero-order chi connectivity index (χ0) is 27.6. The van der Waals surface area contributed by atoms with Gasteiger partial charge >= 0.3 is 5.69 Å². The second-order valence-corrected chi connectivity index (χ2v) is 11.6. The molecule has 0 saturated carbocycles. The number of H-pyrrole nitrogens is 1. The molecule has 0 aliphatic carbocycles. The van der Waals surface area contributed by atoms with Crippen molar-refractivity contribution < 1.29 is 0 Å². The number of hydrogen-bond donors (Lipinski definition) is 1. The van der Waals surface area contributed by atoms with Crippen LogP contribution >= 0.6 is 15.9 Å². The first-order valence-corrected chi connectivity index (χ1v) is 14.1. The maximum absolute atomic E-state index is 14.4. The molecule has 2 aromatic heterocycles. The van der Waals surface area contributed by atoms with Crippen molar-refractivity contribution in [2.24, 2.45) is 0 Å². The van der Waals surface area contributed by atoms with Crippen LogP contribution in [0.5, 0.6) is 0 Å². The van der Waals surface area contributed by atoms with Crippen LogP contribution in [0.15, 0.2) is 88.3 Å². The third kappa shape index (κ3) is 5.39. The Morgan fingerprint density at radius 3 is 2.31 bits per heavy atom. The molecule has 5 aromatic rings. The molecule has 0 aliphatic rings. The Morgan fingerprint density at radius 1 is 0.949 bits per heavy atom. The highest BCUT2D eigenvalue weighted by Gasteiger charge is 2.29. The third-order valence-electron chi connectivity index (χ3n) is 7.02. The predicted molar refractivity (Wildman–Crippen MR) is 158 cm³/mol. The molecule has 0 fully saturated rings. The molecule has 3 aromatic carbocycles. The maximum Gasteiger partial charge on any atom is 0.333 e. The molecular formula is C31H33BrN6O. The minimum absolute atomic E-state index is 0.138. The first-order valence-electron chi connectivity index (χ1n) is 13.3. The molecule has 0 saturated heterocycles. The second kappa shape index (κ2) is 11.1. The van der Waals surface area contributed by atoms with Crippen LogP contribution in [0.4, 0.5) is 0 Å². The normalized spacial score (nSPS) is 12.5. The molecule has 0 radical (unpaired) electrons. The van der Waals surface area contributed by atoms with Crippen LogP contribution in [0.2, 0.25) is 0 Å². The van der Waals surface area contributed by atoms with Crippen LogP contribution in [-0.4, -0.2) is 29.8 Å². The quantitative estimate of drug-likeness (QED) is 0.216. The van der Waals surface area contributed by atoms with E-state index in [4.69, 9.17) is 0 Å². The Hall–Kier alpha value is -3.78. The number of hydrogen-bond acceptors (Lipinski definition) is 4. The lowest BCUT2D eigenvalue weighted by atomic mass is 9.86. The maximum atomic E-state index is 14.4. The summed E-state index contributed by atoms with van der Waals surface area (Å²) < 4.78 is 4.49. The number of unbranched alkanes of at least 4 members (excludes halogenated alkanes) is 1. The highest BCUT2D eigenvalue weighted by Crippen LogP contribution is 2.34. The van der Waals surface area contributed by atoms with Gasteiger partial charge in [-0.2, -0.15) is 5.21 Å². The van der Waals surface area contributed by atoms with Crippen molar-refractivity contribution in [1.29, 1.82) is 0 Å². The Kier molecular flexibility index (Phi) is 7.66. The molecule has 7 nitrogen and oxygen atoms in total. The van der Waals surface area contributed by atoms with E-state index in [2.05, 4.69) is 107 Å². The van der Waals surface area contributed by atoms with Crippen LogP contribution < -0.4 is 5.69 Å². The summed E-state index contributed by atoms with van der Waals surface area (Å²) in [5.74, 6) is 0.447. The molecule has 1 atom stereocenters. The SMILES string of the molecule is CCCCc1cn(-c2c(Br)cccc2C(C)(C)C)c(=O)n1C(c1ccc(-c2ccccc2)cc1)c1nn[nH]n1. The fourth-order valence-electron chi connectivity index (χ4n) is 5.04. The van der Waals surface area contributed by atoms with Crippen molar-refractivity contribution >= 4 is 15.9 Å². The van der Waals surface area contributed by atoms with Crippen LogP contribution in [0.1, 0.15) is 69.2 Å². The molecule has 0 bridgehead atoms. The number of para-hydroxylation sites is 1. The molecule has 1 N–H and O–H groups in total. The third-order valence-corrected chi connectivity index (χ3v) is 7.66. The van der Waals surface area contributed by atoms with Gasteiger partial charge in [-0.25, -0.2) is 4.79 Å². The van der Waals surface area contributed by atoms with E-state index < -0.39 is 6.04 Å². The van der Waals surface area contributed by atoms with Crippen molar-refractivity contribution in [3.63, 3.8) is 0 Å². The summed E-state index contributed by atoms with van der Waals surface area (Å²) >= 11 is 3.74. The molecule has 0 amide bonds. The molecule has 8 heteroatoms. The number of imidazole rings is 1. The van der Waals surface area contributed by atoms with Gasteiger partial charge < -0.3 is 0 Å². The molecule has 2 heterocycles. The van der Waals surface area contributed by atoms with E-state index in [9.17, 15) is 4.79 Å². The topological polar surface area (TPSA) is 81.4 Å². The Labute approximate surface area is 237 Å². The van der Waals surface area contributed by atoms with Crippen LogP contribution in [0.25, 0.3) is 16.8 Å². The number of halogens is 1. The van der Waals surface area contributed by atoms with E-state index in [1.54, 1.807) is 4.57 Å². The lowest BCUT2D eigenvalue weighted by Gasteiger charge is -2.24. The number of rotatable bonds is 8. The van der Waals surface area contributed by atoms with Gasteiger partial charge in [0.1, 0.15) is 6.04 Å². The molecular weight excluding hydrogens is 552 g/mol. The number of tetrazole rings is 1. The van der Waals surface area contributed by atoms with Crippen molar-refractivity contribution in [1.82, 2.24) is 29.8 Å². The first kappa shape index (κ1) is 26.8. The molecule has 0 spiro atoms. The summed E-state index contributed by atoms with van der Waals surface area (Å²) in [6.45, 7) is 8.64. The lowest BCUT2D eigenvalue weighted by molar-refractivity contribution is 0.570. The fourth-order valence-corrected chi connectivity index (χ4v) is 5.59. The molecule has 39 heavy (non-hydrogen) atoms. The summed E-state index contributed by atoms with van der Waals surface area (Å²) in [7, 11) is 0. The number of aromatic amines is 1.